The van der Waals surface area contributed by atoms with Gasteiger partial charge in [-0.1, -0.05) is 76.5 Å². The third-order valence-corrected chi connectivity index (χ3v) is 7.97. The van der Waals surface area contributed by atoms with Crippen molar-refractivity contribution in [2.45, 2.75) is 77.6 Å². The Morgan fingerprint density at radius 3 is 2.19 bits per heavy atom. The number of sulfonamides is 1. The number of halogens is 1. The average Bonchev–Trinajstić information content (AvgIpc) is 2.62. The molecule has 0 aromatic carbocycles. The van der Waals surface area contributed by atoms with Crippen LogP contribution in [0, 0.1) is 10.1 Å². The summed E-state index contributed by atoms with van der Waals surface area (Å²) >= 11 is 6.86. The van der Waals surface area contributed by atoms with E-state index in [4.69, 9.17) is 11.6 Å². The lowest BCUT2D eigenvalue weighted by Gasteiger charge is -2.28. The number of nitro groups is 1. The number of unbranched alkanes of at least 4 members (excludes halogenated alkanes) is 9. The Balaban J connectivity index is 2.34. The zero-order valence-electron chi connectivity index (χ0n) is 15.6. The summed E-state index contributed by atoms with van der Waals surface area (Å²) in [4.78, 5) is 10.2. The van der Waals surface area contributed by atoms with E-state index in [0.29, 0.717) is 18.6 Å². The second-order valence-electron chi connectivity index (χ2n) is 6.63. The summed E-state index contributed by atoms with van der Waals surface area (Å²) in [6.45, 7) is 2.48. The summed E-state index contributed by atoms with van der Waals surface area (Å²) in [5, 5.41) is 10.4. The van der Waals surface area contributed by atoms with E-state index in [0.717, 1.165) is 35.3 Å². The van der Waals surface area contributed by atoms with Crippen molar-refractivity contribution in [1.29, 1.82) is 0 Å². The molecule has 0 aliphatic carbocycles. The predicted octanol–water partition coefficient (Wildman–Crippen LogP) is 5.32. The molecule has 0 saturated carbocycles. The molecule has 9 heteroatoms. The van der Waals surface area contributed by atoms with Crippen LogP contribution in [0.25, 0.3) is 0 Å². The average molecular weight is 427 g/mol. The Labute approximate surface area is 166 Å². The minimum atomic E-state index is -3.55. The van der Waals surface area contributed by atoms with Crippen molar-refractivity contribution in [1.82, 2.24) is 4.31 Å². The predicted molar refractivity (Wildman–Crippen MR) is 109 cm³/mol. The van der Waals surface area contributed by atoms with E-state index in [-0.39, 0.29) is 17.3 Å². The van der Waals surface area contributed by atoms with Gasteiger partial charge in [-0.2, -0.15) is 0 Å². The SMILES string of the molecule is CCCCCCCCCCCCS(=O)(=O)N1CCCSC1=C(Cl)[N+](=O)[O-]. The topological polar surface area (TPSA) is 80.5 Å². The molecule has 152 valence electrons. The van der Waals surface area contributed by atoms with Gasteiger partial charge < -0.3 is 0 Å². The summed E-state index contributed by atoms with van der Waals surface area (Å²) in [6, 6.07) is 0. The lowest BCUT2D eigenvalue weighted by Crippen LogP contribution is -2.36. The third kappa shape index (κ3) is 8.48. The molecule has 0 aromatic rings. The number of thioether (sulfide) groups is 1. The van der Waals surface area contributed by atoms with E-state index in [1.807, 2.05) is 0 Å². The van der Waals surface area contributed by atoms with Crippen LogP contribution in [0.15, 0.2) is 10.2 Å². The van der Waals surface area contributed by atoms with E-state index >= 15 is 0 Å². The van der Waals surface area contributed by atoms with Crippen molar-refractivity contribution in [3.63, 3.8) is 0 Å². The Hall–Kier alpha value is -0.470. The van der Waals surface area contributed by atoms with Crippen LogP contribution in [0.2, 0.25) is 0 Å². The molecule has 0 unspecified atom stereocenters. The summed E-state index contributed by atoms with van der Waals surface area (Å²) in [5.41, 5.74) is 0. The van der Waals surface area contributed by atoms with Crippen molar-refractivity contribution in [2.75, 3.05) is 18.1 Å². The molecule has 1 rings (SSSR count). The monoisotopic (exact) mass is 426 g/mol. The third-order valence-electron chi connectivity index (χ3n) is 4.40. The highest BCUT2D eigenvalue weighted by Gasteiger charge is 2.33. The molecule has 6 nitrogen and oxygen atoms in total. The van der Waals surface area contributed by atoms with Crippen molar-refractivity contribution in [3.05, 3.63) is 20.3 Å². The first kappa shape index (κ1) is 23.6. The maximum atomic E-state index is 12.6. The number of nitrogens with zero attached hydrogens (tertiary/aromatic N) is 2. The zero-order valence-corrected chi connectivity index (χ0v) is 18.0. The standard InChI is InChI=1S/C17H31ClN2O4S2/c1-2-3-4-5-6-7-8-9-10-11-15-26(23,24)19-13-12-14-25-17(19)16(18)20(21)22/h2-15H2,1H3. The zero-order chi connectivity index (χ0) is 19.4. The molecule has 0 aromatic heterocycles. The van der Waals surface area contributed by atoms with Gasteiger partial charge in [-0.25, -0.2) is 8.42 Å². The fourth-order valence-electron chi connectivity index (χ4n) is 2.94. The normalized spacial score (nSPS) is 17.4. The minimum Gasteiger partial charge on any atom is -0.257 e. The summed E-state index contributed by atoms with van der Waals surface area (Å²) < 4.78 is 26.3. The molecular weight excluding hydrogens is 396 g/mol. The minimum absolute atomic E-state index is 0.0233. The smallest absolute Gasteiger partial charge is 0.257 e. The first-order chi connectivity index (χ1) is 12.4. The van der Waals surface area contributed by atoms with Gasteiger partial charge in [0.05, 0.1) is 10.7 Å². The fraction of sp³-hybridized carbons (Fsp3) is 0.882. The number of hydrogen-bond donors (Lipinski definition) is 0. The van der Waals surface area contributed by atoms with Gasteiger partial charge in [0, 0.05) is 12.3 Å². The van der Waals surface area contributed by atoms with Crippen molar-refractivity contribution in [2.24, 2.45) is 0 Å². The first-order valence-electron chi connectivity index (χ1n) is 9.57. The number of hydrogen-bond acceptors (Lipinski definition) is 5. The molecule has 1 aliphatic heterocycles. The van der Waals surface area contributed by atoms with Gasteiger partial charge in [-0.3, -0.25) is 14.4 Å². The highest BCUT2D eigenvalue weighted by molar-refractivity contribution is 8.04. The first-order valence-corrected chi connectivity index (χ1v) is 12.5. The molecule has 0 spiro atoms. The van der Waals surface area contributed by atoms with E-state index in [1.54, 1.807) is 0 Å². The van der Waals surface area contributed by atoms with E-state index in [1.165, 1.54) is 38.5 Å². The molecular formula is C17H31ClN2O4S2. The second kappa shape index (κ2) is 12.8. The van der Waals surface area contributed by atoms with Crippen LogP contribution >= 0.6 is 23.4 Å². The molecule has 1 heterocycles. The van der Waals surface area contributed by atoms with Gasteiger partial charge in [-0.05, 0) is 24.4 Å². The lowest BCUT2D eigenvalue weighted by atomic mass is 10.1. The van der Waals surface area contributed by atoms with Crippen molar-refractivity contribution in [3.8, 4) is 0 Å². The molecule has 0 bridgehead atoms. The van der Waals surface area contributed by atoms with Gasteiger partial charge >= 0.3 is 5.16 Å². The van der Waals surface area contributed by atoms with Crippen LogP contribution in [0.4, 0.5) is 0 Å². The Morgan fingerprint density at radius 2 is 1.65 bits per heavy atom. The molecule has 0 radical (unpaired) electrons. The quantitative estimate of drug-likeness (QED) is 0.172. The molecule has 26 heavy (non-hydrogen) atoms. The van der Waals surface area contributed by atoms with E-state index in [9.17, 15) is 18.5 Å². The summed E-state index contributed by atoms with van der Waals surface area (Å²) in [6.07, 6.45) is 12.0. The highest BCUT2D eigenvalue weighted by Crippen LogP contribution is 2.34. The van der Waals surface area contributed by atoms with Crippen LogP contribution in [0.1, 0.15) is 77.6 Å². The summed E-state index contributed by atoms with van der Waals surface area (Å²) in [5.74, 6) is 0.666. The maximum Gasteiger partial charge on any atom is 0.368 e. The largest absolute Gasteiger partial charge is 0.368 e. The Morgan fingerprint density at radius 1 is 1.12 bits per heavy atom. The summed E-state index contributed by atoms with van der Waals surface area (Å²) in [7, 11) is -3.55. The molecule has 1 saturated heterocycles. The number of rotatable bonds is 13. The highest BCUT2D eigenvalue weighted by atomic mass is 35.5. The van der Waals surface area contributed by atoms with Crippen molar-refractivity contribution >= 4 is 33.4 Å². The van der Waals surface area contributed by atoms with Gasteiger partial charge in [0.25, 0.3) is 0 Å². The van der Waals surface area contributed by atoms with Crippen LogP contribution in [0.5, 0.6) is 0 Å². The van der Waals surface area contributed by atoms with Crippen LogP contribution in [0.3, 0.4) is 0 Å². The maximum absolute atomic E-state index is 12.6. The van der Waals surface area contributed by atoms with E-state index in [2.05, 4.69) is 6.92 Å². The molecule has 1 aliphatic rings. The van der Waals surface area contributed by atoms with Gasteiger partial charge in [0.2, 0.25) is 10.0 Å². The Kier molecular flexibility index (Phi) is 11.6. The molecule has 0 N–H and O–H groups in total. The van der Waals surface area contributed by atoms with Crippen LogP contribution < -0.4 is 0 Å². The molecule has 0 atom stereocenters. The van der Waals surface area contributed by atoms with E-state index < -0.39 is 20.1 Å². The molecule has 1 fully saturated rings. The lowest BCUT2D eigenvalue weighted by molar-refractivity contribution is -0.413. The van der Waals surface area contributed by atoms with Gasteiger partial charge in [0.1, 0.15) is 0 Å². The van der Waals surface area contributed by atoms with Crippen LogP contribution in [-0.2, 0) is 10.0 Å². The van der Waals surface area contributed by atoms with Gasteiger partial charge in [-0.15, -0.1) is 0 Å². The second-order valence-corrected chi connectivity index (χ2v) is 10.1. The van der Waals surface area contributed by atoms with Crippen molar-refractivity contribution < 1.29 is 13.3 Å². The fourth-order valence-corrected chi connectivity index (χ4v) is 6.18. The Bertz CT molecular complexity index is 567. The van der Waals surface area contributed by atoms with Gasteiger partial charge in [0.15, 0.2) is 5.03 Å². The van der Waals surface area contributed by atoms with Crippen LogP contribution in [-0.4, -0.2) is 35.7 Å². The molecule has 0 amide bonds.